The van der Waals surface area contributed by atoms with E-state index in [9.17, 15) is 0 Å². The van der Waals surface area contributed by atoms with Gasteiger partial charge in [0.05, 0.1) is 27.8 Å². The van der Waals surface area contributed by atoms with Crippen LogP contribution in [-0.2, 0) is 16.2 Å². The molecular formula is C138H111N3O2S. The van der Waals surface area contributed by atoms with Gasteiger partial charge < -0.3 is 23.5 Å². The van der Waals surface area contributed by atoms with Crippen LogP contribution in [0.1, 0.15) is 130 Å². The van der Waals surface area contributed by atoms with Crippen molar-refractivity contribution >= 4 is 127 Å². The summed E-state index contributed by atoms with van der Waals surface area (Å²) in [5.74, 6) is 10.2. The zero-order chi connectivity index (χ0) is 94.2. The lowest BCUT2D eigenvalue weighted by atomic mass is 9.43. The van der Waals surface area contributed by atoms with Crippen molar-refractivity contribution < 1.29 is 8.83 Å². The summed E-state index contributed by atoms with van der Waals surface area (Å²) in [4.78, 5) is 7.46. The number of anilines is 9. The van der Waals surface area contributed by atoms with Crippen LogP contribution in [0.4, 0.5) is 51.2 Å². The van der Waals surface area contributed by atoms with E-state index in [0.717, 1.165) is 138 Å². The Morgan fingerprint density at radius 2 is 0.465 bits per heavy atom. The minimum atomic E-state index is 0.163. The molecule has 0 saturated heterocycles. The summed E-state index contributed by atoms with van der Waals surface area (Å²) < 4.78 is 15.5. The second-order valence-electron chi connectivity index (χ2n) is 44.8. The van der Waals surface area contributed by atoms with E-state index in [0.29, 0.717) is 0 Å². The van der Waals surface area contributed by atoms with Crippen molar-refractivity contribution in [3.05, 3.63) is 452 Å². The molecule has 0 amide bonds. The average Bonchev–Trinajstić information content (AvgIpc) is 1.49. The van der Waals surface area contributed by atoms with Gasteiger partial charge in [0.25, 0.3) is 0 Å². The molecule has 5 nitrogen and oxygen atoms in total. The molecular weight excluding hydrogens is 1760 g/mol. The maximum absolute atomic E-state index is 6.43. The van der Waals surface area contributed by atoms with Gasteiger partial charge in [-0.15, -0.1) is 11.3 Å². The van der Waals surface area contributed by atoms with Crippen LogP contribution in [0, 0.1) is 71.0 Å². The van der Waals surface area contributed by atoms with Gasteiger partial charge in [0.1, 0.15) is 22.3 Å². The molecule has 0 N–H and O–H groups in total. The van der Waals surface area contributed by atoms with Crippen LogP contribution in [-0.4, -0.2) is 0 Å². The highest BCUT2D eigenvalue weighted by molar-refractivity contribution is 7.26. The summed E-state index contributed by atoms with van der Waals surface area (Å²) in [7, 11) is 0. The Bertz CT molecular complexity index is 8300. The quantitative estimate of drug-likeness (QED) is 0.122. The van der Waals surface area contributed by atoms with E-state index < -0.39 is 0 Å². The molecule has 36 rings (SSSR count). The van der Waals surface area contributed by atoms with Crippen LogP contribution in [0.5, 0.6) is 0 Å². The fraction of sp³-hybridized carbons (Fsp3) is 0.217. The topological polar surface area (TPSA) is 36.0 Å². The smallest absolute Gasteiger partial charge is 0.137 e. The monoisotopic (exact) mass is 1870 g/mol. The van der Waals surface area contributed by atoms with E-state index >= 15 is 0 Å². The molecule has 144 heavy (non-hydrogen) atoms. The van der Waals surface area contributed by atoms with Crippen LogP contribution >= 0.6 is 11.3 Å². The Balaban J connectivity index is 0.0000000986. The molecule has 3 heterocycles. The Hall–Kier alpha value is -14.8. The largest absolute Gasteiger partial charge is 0.456 e. The van der Waals surface area contributed by atoms with E-state index in [1.807, 2.05) is 11.3 Å². The van der Waals surface area contributed by atoms with Gasteiger partial charge in [-0.2, -0.15) is 0 Å². The van der Waals surface area contributed by atoms with E-state index in [1.165, 1.54) is 212 Å². The summed E-state index contributed by atoms with van der Waals surface area (Å²) in [5, 5.41) is 7.26. The van der Waals surface area contributed by atoms with Crippen LogP contribution in [0.3, 0.4) is 0 Å². The fourth-order valence-corrected chi connectivity index (χ4v) is 34.4. The molecule has 12 saturated carbocycles. The number of nitrogens with zero attached hydrogens (tertiary/aromatic N) is 3. The first kappa shape index (κ1) is 83.8. The van der Waals surface area contributed by atoms with Gasteiger partial charge in [-0.25, -0.2) is 0 Å². The molecule has 12 fully saturated rings. The number of furan rings is 2. The Kier molecular flexibility index (Phi) is 19.0. The molecule has 0 atom stereocenters. The second-order valence-corrected chi connectivity index (χ2v) is 45.9. The van der Waals surface area contributed by atoms with E-state index in [2.05, 4.69) is 433 Å². The van der Waals surface area contributed by atoms with Gasteiger partial charge in [-0.1, -0.05) is 291 Å². The van der Waals surface area contributed by atoms with E-state index in [-0.39, 0.29) is 16.2 Å². The Morgan fingerprint density at radius 3 is 0.868 bits per heavy atom. The van der Waals surface area contributed by atoms with Crippen molar-refractivity contribution in [1.29, 1.82) is 0 Å². The van der Waals surface area contributed by atoms with Gasteiger partial charge >= 0.3 is 0 Å². The minimum Gasteiger partial charge on any atom is -0.456 e. The van der Waals surface area contributed by atoms with Crippen molar-refractivity contribution in [3.8, 4) is 66.8 Å². The van der Waals surface area contributed by atoms with Crippen molar-refractivity contribution in [3.63, 3.8) is 0 Å². The average molecular weight is 1880 g/mol. The number of para-hydroxylation sites is 2. The highest BCUT2D eigenvalue weighted by atomic mass is 32.1. The maximum Gasteiger partial charge on any atom is 0.137 e. The number of rotatable bonds is 12. The first-order valence-electron chi connectivity index (χ1n) is 53.6. The normalized spacial score (nSPS) is 24.8. The molecule has 0 aliphatic heterocycles. The molecule has 18 aromatic carbocycles. The fourth-order valence-electron chi connectivity index (χ4n) is 33.3. The molecule has 6 heteroatoms. The SMILES string of the molecule is c1ccc(-c2ccc(N(c3ccc4c(c3)-c3ccccc3C43C4CC5CC(C4)CC3C5)c3cccc4oc5ccccc5c34)cc2)cc1.c1ccc(-c2ccc(N(c3ccc4c(c3)-c3ccccc3C43C4CC5CC(C4)CC3C5)c3cccc4sc5ccccc5c34)cc2)cc1.c1ccc(-c2cccc(N(c3ccc4c(c3)-c3ccccc3C43C4CC5CC(C4)CC3C5)c3cccc4oc5ccccc5c34)c2)cc1. The summed E-state index contributed by atoms with van der Waals surface area (Å²) in [6.45, 7) is 0. The molecule has 21 aromatic rings. The van der Waals surface area contributed by atoms with Crippen LogP contribution in [0.15, 0.2) is 427 Å². The third-order valence-electron chi connectivity index (χ3n) is 37.9. The predicted octanol–water partition coefficient (Wildman–Crippen LogP) is 37.8. The third-order valence-corrected chi connectivity index (χ3v) is 39.1. The van der Waals surface area contributed by atoms with Gasteiger partial charge in [0, 0.05) is 81.3 Å². The highest BCUT2D eigenvalue weighted by Gasteiger charge is 2.65. The van der Waals surface area contributed by atoms with Crippen molar-refractivity contribution in [2.24, 2.45) is 71.0 Å². The summed E-state index contributed by atoms with van der Waals surface area (Å²) in [6.07, 6.45) is 21.3. The maximum atomic E-state index is 6.43. The summed E-state index contributed by atoms with van der Waals surface area (Å²) >= 11 is 1.90. The first-order valence-corrected chi connectivity index (χ1v) is 54.4. The lowest BCUT2D eigenvalue weighted by molar-refractivity contribution is -0.0399. The van der Waals surface area contributed by atoms with Gasteiger partial charge in [0.15, 0.2) is 0 Å². The number of hydrogen-bond donors (Lipinski definition) is 0. The van der Waals surface area contributed by atoms with Crippen molar-refractivity contribution in [1.82, 2.24) is 0 Å². The number of hydrogen-bond acceptors (Lipinski definition) is 6. The Labute approximate surface area is 846 Å². The third kappa shape index (κ3) is 12.5. The van der Waals surface area contributed by atoms with Crippen LogP contribution < -0.4 is 14.7 Å². The van der Waals surface area contributed by atoms with Crippen LogP contribution in [0.25, 0.3) is 131 Å². The first-order chi connectivity index (χ1) is 71.3. The summed E-state index contributed by atoms with van der Waals surface area (Å²) in [6, 6.07) is 156. The zero-order valence-electron chi connectivity index (χ0n) is 80.9. The standard InChI is InChI=1S/2C46H37NO.C46H37NS/c1-2-10-31(11-3-1)32-12-8-13-35(27-32)47(42-17-9-19-44-45(42)38-15-5-7-18-43(38)48-44)36-20-21-41-39(28-36)37-14-4-6-16-40(37)46(41)33-23-29-22-30(25-33)26-34(46)24-29;2*1-2-9-31(10-3-1)32-17-19-35(20-18-32)47(42-14-8-16-44-45(42)38-12-5-7-15-43(38)48-44)36-21-22-41-39(28-36)37-11-4-6-13-40(37)46(41)33-24-29-23-30(26-33)27-34(46)25-29/h1-21,27-30,33-34H,22-26H2;2*1-22,28-30,33-34H,23-27H2. The molecule has 0 unspecified atom stereocenters. The zero-order valence-corrected chi connectivity index (χ0v) is 81.8. The molecule has 12 bridgehead atoms. The molecule has 15 aliphatic carbocycles. The van der Waals surface area contributed by atoms with Gasteiger partial charge in [-0.05, 0) is 395 Å². The molecule has 3 aromatic heterocycles. The van der Waals surface area contributed by atoms with E-state index in [4.69, 9.17) is 8.83 Å². The van der Waals surface area contributed by atoms with Crippen molar-refractivity contribution in [2.45, 2.75) is 113 Å². The minimum absolute atomic E-state index is 0.163. The number of thiophene rings is 1. The molecule has 696 valence electrons. The molecule has 0 radical (unpaired) electrons. The van der Waals surface area contributed by atoms with E-state index in [1.54, 1.807) is 33.4 Å². The second kappa shape index (κ2) is 32.6. The number of benzene rings is 18. The van der Waals surface area contributed by atoms with Gasteiger partial charge in [0.2, 0.25) is 0 Å². The lowest BCUT2D eigenvalue weighted by Gasteiger charge is -2.61. The molecule has 15 aliphatic rings. The summed E-state index contributed by atoms with van der Waals surface area (Å²) in [5.41, 5.74) is 40.5. The van der Waals surface area contributed by atoms with Crippen molar-refractivity contribution in [2.75, 3.05) is 14.7 Å². The van der Waals surface area contributed by atoms with Crippen LogP contribution in [0.2, 0.25) is 0 Å². The highest BCUT2D eigenvalue weighted by Crippen LogP contribution is 2.74. The predicted molar refractivity (Wildman–Crippen MR) is 597 cm³/mol. The van der Waals surface area contributed by atoms with Gasteiger partial charge in [-0.3, -0.25) is 0 Å². The Morgan fingerprint density at radius 1 is 0.188 bits per heavy atom. The molecule has 3 spiro atoms. The lowest BCUT2D eigenvalue weighted by Crippen LogP contribution is -2.55. The number of fused-ring (bicyclic) bond motifs is 18.